The van der Waals surface area contributed by atoms with E-state index in [4.69, 9.17) is 52.5 Å². The summed E-state index contributed by atoms with van der Waals surface area (Å²) in [6.45, 7) is 8.72. The van der Waals surface area contributed by atoms with Crippen molar-refractivity contribution in [3.8, 4) is 0 Å². The molecule has 0 bridgehead atoms. The van der Waals surface area contributed by atoms with Crippen LogP contribution in [0.25, 0.3) is 0 Å². The first-order chi connectivity index (χ1) is 19.7. The molecule has 12 heteroatoms. The maximum Gasteiger partial charge on any atom is 0.329 e. The summed E-state index contributed by atoms with van der Waals surface area (Å²) < 4.78 is 56.3. The first kappa shape index (κ1) is 37.1. The SMILES string of the molecule is CCCCCCCCOCCOCCOCCOC1(COCC(=O)O)COCCOCCOCCOCCOC1. The van der Waals surface area contributed by atoms with Crippen LogP contribution in [0.4, 0.5) is 0 Å². The monoisotopic (exact) mass is 582 g/mol. The average Bonchev–Trinajstić information content (AvgIpc) is 2.94. The lowest BCUT2D eigenvalue weighted by Gasteiger charge is -2.33. The molecule has 0 radical (unpaired) electrons. The molecule has 0 saturated carbocycles. The average molecular weight is 583 g/mol. The maximum atomic E-state index is 11.0. The van der Waals surface area contributed by atoms with Gasteiger partial charge in [0.15, 0.2) is 0 Å². The van der Waals surface area contributed by atoms with Gasteiger partial charge < -0.3 is 52.5 Å². The second kappa shape index (κ2) is 28.2. The van der Waals surface area contributed by atoms with Crippen LogP contribution in [0, 0.1) is 0 Å². The van der Waals surface area contributed by atoms with E-state index in [0.29, 0.717) is 85.9 Å². The third kappa shape index (κ3) is 23.7. The van der Waals surface area contributed by atoms with Gasteiger partial charge in [0.05, 0.1) is 112 Å². The number of rotatable bonds is 21. The molecule has 12 nitrogen and oxygen atoms in total. The number of carboxylic acids is 1. The second-order valence-corrected chi connectivity index (χ2v) is 9.47. The fourth-order valence-electron chi connectivity index (χ4n) is 3.71. The Labute approximate surface area is 240 Å². The molecule has 1 rings (SSSR count). The summed E-state index contributed by atoms with van der Waals surface area (Å²) in [6.07, 6.45) is 7.50. The van der Waals surface area contributed by atoms with Crippen molar-refractivity contribution in [1.82, 2.24) is 0 Å². The van der Waals surface area contributed by atoms with Gasteiger partial charge in [0, 0.05) is 6.61 Å². The Balaban J connectivity index is 2.30. The molecule has 0 aromatic heterocycles. The largest absolute Gasteiger partial charge is 0.480 e. The Morgan fingerprint density at radius 3 is 1.57 bits per heavy atom. The minimum absolute atomic E-state index is 0.0172. The Morgan fingerprint density at radius 1 is 0.600 bits per heavy atom. The molecule has 1 N–H and O–H groups in total. The van der Waals surface area contributed by atoms with E-state index >= 15 is 0 Å². The lowest BCUT2D eigenvalue weighted by molar-refractivity contribution is -0.181. The summed E-state index contributed by atoms with van der Waals surface area (Å²) >= 11 is 0. The molecule has 1 saturated heterocycles. The molecule has 1 aliphatic heterocycles. The number of ether oxygens (including phenoxy) is 10. The van der Waals surface area contributed by atoms with Crippen LogP contribution >= 0.6 is 0 Å². The van der Waals surface area contributed by atoms with Gasteiger partial charge in [-0.3, -0.25) is 0 Å². The zero-order valence-corrected chi connectivity index (χ0v) is 24.6. The highest BCUT2D eigenvalue weighted by Crippen LogP contribution is 2.15. The molecule has 0 unspecified atom stereocenters. The Hall–Kier alpha value is -0.930. The molecular weight excluding hydrogens is 528 g/mol. The Kier molecular flexibility index (Phi) is 26.2. The highest BCUT2D eigenvalue weighted by Gasteiger charge is 2.33. The normalized spacial score (nSPS) is 18.0. The van der Waals surface area contributed by atoms with Gasteiger partial charge in [-0.05, 0) is 6.42 Å². The lowest BCUT2D eigenvalue weighted by Crippen LogP contribution is -2.48. The van der Waals surface area contributed by atoms with Crippen molar-refractivity contribution >= 4 is 5.97 Å². The summed E-state index contributed by atoms with van der Waals surface area (Å²) in [7, 11) is 0. The summed E-state index contributed by atoms with van der Waals surface area (Å²) in [6, 6.07) is 0. The van der Waals surface area contributed by atoms with Crippen molar-refractivity contribution in [2.24, 2.45) is 0 Å². The van der Waals surface area contributed by atoms with Gasteiger partial charge in [-0.15, -0.1) is 0 Å². The first-order valence-corrected chi connectivity index (χ1v) is 14.7. The van der Waals surface area contributed by atoms with E-state index in [2.05, 4.69) is 6.92 Å². The molecule has 0 aliphatic carbocycles. The third-order valence-electron chi connectivity index (χ3n) is 5.83. The Morgan fingerprint density at radius 2 is 1.05 bits per heavy atom. The van der Waals surface area contributed by atoms with Crippen molar-refractivity contribution in [2.45, 2.75) is 51.0 Å². The molecule has 238 valence electrons. The van der Waals surface area contributed by atoms with Crippen molar-refractivity contribution in [1.29, 1.82) is 0 Å². The van der Waals surface area contributed by atoms with E-state index in [1.54, 1.807) is 0 Å². The first-order valence-electron chi connectivity index (χ1n) is 14.7. The number of hydrogen-bond acceptors (Lipinski definition) is 11. The molecule has 0 atom stereocenters. The molecule has 0 spiro atoms. The zero-order valence-electron chi connectivity index (χ0n) is 24.6. The molecule has 0 aromatic carbocycles. The van der Waals surface area contributed by atoms with Gasteiger partial charge in [-0.2, -0.15) is 0 Å². The number of carbonyl (C=O) groups is 1. The van der Waals surface area contributed by atoms with Crippen LogP contribution in [0.15, 0.2) is 0 Å². The van der Waals surface area contributed by atoms with Gasteiger partial charge in [-0.25, -0.2) is 4.79 Å². The van der Waals surface area contributed by atoms with Gasteiger partial charge in [0.1, 0.15) is 12.2 Å². The summed E-state index contributed by atoms with van der Waals surface area (Å²) in [5, 5.41) is 9.00. The highest BCUT2D eigenvalue weighted by molar-refractivity contribution is 5.67. The number of aliphatic carboxylic acids is 1. The van der Waals surface area contributed by atoms with E-state index < -0.39 is 18.2 Å². The maximum absolute atomic E-state index is 11.0. The van der Waals surface area contributed by atoms with Crippen molar-refractivity contribution < 1.29 is 57.3 Å². The number of carboxylic acid groups (broad SMARTS) is 1. The standard InChI is InChI=1S/C28H54O12/c1-2-3-4-5-6-7-8-31-9-10-32-15-16-36-21-22-40-28(26-39-23-27(29)30)24-37-19-17-34-13-11-33-12-14-35-18-20-38-25-28/h2-26H2,1H3,(H,29,30). The Bertz CT molecular complexity index is 535. The van der Waals surface area contributed by atoms with Crippen LogP contribution in [0.1, 0.15) is 45.4 Å². The highest BCUT2D eigenvalue weighted by atomic mass is 16.6. The predicted molar refractivity (Wildman–Crippen MR) is 147 cm³/mol. The summed E-state index contributed by atoms with van der Waals surface area (Å²) in [4.78, 5) is 11.0. The quantitative estimate of drug-likeness (QED) is 0.199. The van der Waals surface area contributed by atoms with Crippen LogP contribution < -0.4 is 0 Å². The zero-order chi connectivity index (χ0) is 28.8. The van der Waals surface area contributed by atoms with E-state index in [1.807, 2.05) is 0 Å². The van der Waals surface area contributed by atoms with Crippen LogP contribution in [-0.2, 0) is 52.2 Å². The predicted octanol–water partition coefficient (Wildman–Crippen LogP) is 2.35. The van der Waals surface area contributed by atoms with Crippen LogP contribution in [0.2, 0.25) is 0 Å². The fourth-order valence-corrected chi connectivity index (χ4v) is 3.71. The van der Waals surface area contributed by atoms with Gasteiger partial charge in [-0.1, -0.05) is 39.0 Å². The smallest absolute Gasteiger partial charge is 0.329 e. The van der Waals surface area contributed by atoms with E-state index in [0.717, 1.165) is 13.0 Å². The molecular formula is C28H54O12. The van der Waals surface area contributed by atoms with E-state index in [9.17, 15) is 4.79 Å². The molecule has 40 heavy (non-hydrogen) atoms. The van der Waals surface area contributed by atoms with E-state index in [1.165, 1.54) is 32.1 Å². The molecule has 0 aromatic rings. The lowest BCUT2D eigenvalue weighted by atomic mass is 10.1. The van der Waals surface area contributed by atoms with Crippen molar-refractivity contribution in [2.75, 3.05) is 126 Å². The van der Waals surface area contributed by atoms with Crippen LogP contribution in [0.5, 0.6) is 0 Å². The van der Waals surface area contributed by atoms with Gasteiger partial charge in [0.2, 0.25) is 0 Å². The van der Waals surface area contributed by atoms with Crippen LogP contribution in [0.3, 0.4) is 0 Å². The van der Waals surface area contributed by atoms with Crippen LogP contribution in [-0.4, -0.2) is 142 Å². The second-order valence-electron chi connectivity index (χ2n) is 9.47. The van der Waals surface area contributed by atoms with Crippen molar-refractivity contribution in [3.05, 3.63) is 0 Å². The number of hydrogen-bond donors (Lipinski definition) is 1. The van der Waals surface area contributed by atoms with Gasteiger partial charge in [0.25, 0.3) is 0 Å². The minimum atomic E-state index is -1.06. The fraction of sp³-hybridized carbons (Fsp3) is 0.964. The topological polar surface area (TPSA) is 130 Å². The summed E-state index contributed by atoms with van der Waals surface area (Å²) in [5.74, 6) is -1.06. The van der Waals surface area contributed by atoms with Crippen molar-refractivity contribution in [3.63, 3.8) is 0 Å². The molecule has 0 amide bonds. The number of unbranched alkanes of at least 4 members (excludes halogenated alkanes) is 5. The third-order valence-corrected chi connectivity index (χ3v) is 5.83. The molecule has 1 aliphatic rings. The molecule has 1 fully saturated rings. The summed E-state index contributed by atoms with van der Waals surface area (Å²) in [5.41, 5.74) is -1.01. The minimum Gasteiger partial charge on any atom is -0.480 e. The van der Waals surface area contributed by atoms with Gasteiger partial charge >= 0.3 is 5.97 Å². The molecule has 1 heterocycles. The van der Waals surface area contributed by atoms with E-state index in [-0.39, 0.29) is 26.4 Å².